The third-order valence-electron chi connectivity index (χ3n) is 7.46. The molecule has 2 aliphatic carbocycles. The van der Waals surface area contributed by atoms with Crippen molar-refractivity contribution in [2.24, 2.45) is 16.8 Å². The summed E-state index contributed by atoms with van der Waals surface area (Å²) in [5.41, 5.74) is 2.35. The van der Waals surface area contributed by atoms with Crippen LogP contribution in [0.25, 0.3) is 0 Å². The summed E-state index contributed by atoms with van der Waals surface area (Å²) in [6.45, 7) is 8.67. The van der Waals surface area contributed by atoms with E-state index < -0.39 is 0 Å². The highest BCUT2D eigenvalue weighted by atomic mass is 35.5. The number of hydrogen-bond acceptors (Lipinski definition) is 4. The van der Waals surface area contributed by atoms with E-state index in [0.717, 1.165) is 43.5 Å². The van der Waals surface area contributed by atoms with E-state index in [9.17, 15) is 9.59 Å². The van der Waals surface area contributed by atoms with E-state index in [-0.39, 0.29) is 23.8 Å². The predicted octanol–water partition coefficient (Wildman–Crippen LogP) is 5.09. The number of amides is 2. The van der Waals surface area contributed by atoms with Crippen LogP contribution >= 0.6 is 11.6 Å². The van der Waals surface area contributed by atoms with Crippen molar-refractivity contribution in [3.8, 4) is 0 Å². The Morgan fingerprint density at radius 1 is 1.31 bits per heavy atom. The Labute approximate surface area is 219 Å². The summed E-state index contributed by atoms with van der Waals surface area (Å²) in [7, 11) is 1.86. The first kappa shape index (κ1) is 26.0. The topological polar surface area (TPSA) is 56.2 Å². The first-order chi connectivity index (χ1) is 17.4. The van der Waals surface area contributed by atoms with Crippen molar-refractivity contribution in [3.63, 3.8) is 0 Å². The molecule has 1 fully saturated rings. The van der Waals surface area contributed by atoms with Crippen LogP contribution in [-0.2, 0) is 11.3 Å². The number of carbonyl (C=O) groups is 2. The van der Waals surface area contributed by atoms with Gasteiger partial charge in [-0.2, -0.15) is 0 Å². The maximum absolute atomic E-state index is 13.2. The highest BCUT2D eigenvalue weighted by molar-refractivity contribution is 6.34. The fourth-order valence-electron chi connectivity index (χ4n) is 5.54. The molecule has 36 heavy (non-hydrogen) atoms. The fraction of sp³-hybridized carbons (Fsp3) is 0.414. The minimum absolute atomic E-state index is 0.0134. The standard InChI is InChI=1S/C29H35ClN4O2/c1-4-31-15-7-17-33(5-2)18-8-16-32(3)28(35)22-12-11-21-13-14-26(24(21)19-22)34-20-23-9-6-10-25(30)27(23)29(34)36/h4,6-7,9-12,15,17,19,21,24,26H,1,5,8,13-14,16,18,20H2,2-3H3/b17-7+,31-15-/t21?,24?,26-/m1/s1. The Morgan fingerprint density at radius 3 is 2.89 bits per heavy atom. The lowest BCUT2D eigenvalue weighted by Crippen LogP contribution is -2.39. The van der Waals surface area contributed by atoms with E-state index in [1.807, 2.05) is 42.4 Å². The van der Waals surface area contributed by atoms with Gasteiger partial charge < -0.3 is 14.7 Å². The largest absolute Gasteiger partial charge is 0.378 e. The second-order valence-corrected chi connectivity index (χ2v) is 10.0. The van der Waals surface area contributed by atoms with Crippen LogP contribution in [-0.4, -0.2) is 65.5 Å². The van der Waals surface area contributed by atoms with E-state index in [0.29, 0.717) is 29.6 Å². The Kier molecular flexibility index (Phi) is 8.47. The number of aliphatic imine (C=N–C) groups is 1. The highest BCUT2D eigenvalue weighted by Crippen LogP contribution is 2.43. The van der Waals surface area contributed by atoms with Crippen LogP contribution in [0.3, 0.4) is 0 Å². The number of benzene rings is 1. The molecule has 3 atom stereocenters. The van der Waals surface area contributed by atoms with Crippen LogP contribution in [0, 0.1) is 11.8 Å². The number of nitrogens with zero attached hydrogens (tertiary/aromatic N) is 4. The molecule has 3 aliphatic rings. The molecule has 1 aromatic carbocycles. The Morgan fingerprint density at radius 2 is 2.14 bits per heavy atom. The lowest BCUT2D eigenvalue weighted by atomic mass is 9.86. The van der Waals surface area contributed by atoms with Gasteiger partial charge in [0.2, 0.25) is 0 Å². The molecule has 0 aromatic heterocycles. The maximum Gasteiger partial charge on any atom is 0.256 e. The summed E-state index contributed by atoms with van der Waals surface area (Å²) in [6.07, 6.45) is 16.2. The van der Waals surface area contributed by atoms with Gasteiger partial charge in [-0.15, -0.1) is 0 Å². The van der Waals surface area contributed by atoms with Gasteiger partial charge in [0.1, 0.15) is 0 Å². The van der Waals surface area contributed by atoms with Gasteiger partial charge in [-0.3, -0.25) is 14.6 Å². The van der Waals surface area contributed by atoms with Crippen molar-refractivity contribution in [1.82, 2.24) is 14.7 Å². The number of carbonyl (C=O) groups excluding carboxylic acids is 2. The summed E-state index contributed by atoms with van der Waals surface area (Å²) in [5.74, 6) is 0.557. The van der Waals surface area contributed by atoms with Gasteiger partial charge in [0, 0.05) is 69.4 Å². The Hall–Kier alpha value is -3.12. The van der Waals surface area contributed by atoms with Crippen LogP contribution in [0.5, 0.6) is 0 Å². The number of rotatable bonds is 10. The van der Waals surface area contributed by atoms with E-state index in [1.54, 1.807) is 17.2 Å². The van der Waals surface area contributed by atoms with E-state index >= 15 is 0 Å². The number of allylic oxidation sites excluding steroid dienone is 2. The molecule has 0 bridgehead atoms. The van der Waals surface area contributed by atoms with Crippen LogP contribution in [0.15, 0.2) is 72.0 Å². The zero-order valence-electron chi connectivity index (χ0n) is 21.1. The molecule has 1 heterocycles. The van der Waals surface area contributed by atoms with Crippen LogP contribution in [0.4, 0.5) is 0 Å². The minimum Gasteiger partial charge on any atom is -0.378 e. The fourth-order valence-corrected chi connectivity index (χ4v) is 5.81. The smallest absolute Gasteiger partial charge is 0.256 e. The van der Waals surface area contributed by atoms with Crippen molar-refractivity contribution in [2.75, 3.05) is 26.7 Å². The van der Waals surface area contributed by atoms with Crippen LogP contribution < -0.4 is 0 Å². The van der Waals surface area contributed by atoms with E-state index in [4.69, 9.17) is 11.6 Å². The van der Waals surface area contributed by atoms with Crippen molar-refractivity contribution >= 4 is 29.6 Å². The van der Waals surface area contributed by atoms with Crippen molar-refractivity contribution < 1.29 is 9.59 Å². The predicted molar refractivity (Wildman–Crippen MR) is 146 cm³/mol. The first-order valence-corrected chi connectivity index (χ1v) is 13.1. The summed E-state index contributed by atoms with van der Waals surface area (Å²) >= 11 is 6.34. The van der Waals surface area contributed by atoms with Crippen LogP contribution in [0.1, 0.15) is 42.1 Å². The van der Waals surface area contributed by atoms with Crippen molar-refractivity contribution in [2.45, 2.75) is 38.8 Å². The SMILES string of the molecule is C=C/N=C\C=C\N(CC)CCCN(C)C(=O)C1=CC2C(C=C1)CC[C@H]2N1Cc2cccc(Cl)c2C1=O. The van der Waals surface area contributed by atoms with Crippen molar-refractivity contribution in [3.05, 3.63) is 83.2 Å². The van der Waals surface area contributed by atoms with E-state index in [2.05, 4.69) is 35.5 Å². The van der Waals surface area contributed by atoms with Gasteiger partial charge in [-0.25, -0.2) is 0 Å². The monoisotopic (exact) mass is 506 g/mol. The average Bonchev–Trinajstić information content (AvgIpc) is 3.45. The summed E-state index contributed by atoms with van der Waals surface area (Å²) in [5, 5.41) is 0.521. The van der Waals surface area contributed by atoms with Gasteiger partial charge in [0.25, 0.3) is 11.8 Å². The zero-order valence-corrected chi connectivity index (χ0v) is 21.9. The highest BCUT2D eigenvalue weighted by Gasteiger charge is 2.43. The summed E-state index contributed by atoms with van der Waals surface area (Å²) in [4.78, 5) is 36.4. The molecule has 1 saturated carbocycles. The van der Waals surface area contributed by atoms with Gasteiger partial charge in [0.05, 0.1) is 10.6 Å². The average molecular weight is 507 g/mol. The lowest BCUT2D eigenvalue weighted by Gasteiger charge is -2.31. The maximum atomic E-state index is 13.2. The number of halogens is 1. The molecule has 0 saturated heterocycles. The van der Waals surface area contributed by atoms with Gasteiger partial charge in [-0.05, 0) is 49.8 Å². The molecular weight excluding hydrogens is 472 g/mol. The summed E-state index contributed by atoms with van der Waals surface area (Å²) in [6, 6.07) is 5.75. The molecule has 4 rings (SSSR count). The van der Waals surface area contributed by atoms with Gasteiger partial charge in [0.15, 0.2) is 0 Å². The molecule has 2 unspecified atom stereocenters. The second kappa shape index (κ2) is 11.7. The third-order valence-corrected chi connectivity index (χ3v) is 7.77. The molecule has 1 aliphatic heterocycles. The van der Waals surface area contributed by atoms with Gasteiger partial charge in [-0.1, -0.05) is 48.5 Å². The number of likely N-dealkylation sites (N-methyl/N-ethyl adjacent to an activating group) is 1. The van der Waals surface area contributed by atoms with Crippen molar-refractivity contribution in [1.29, 1.82) is 0 Å². The Balaban J connectivity index is 1.37. The second-order valence-electron chi connectivity index (χ2n) is 9.61. The molecule has 0 spiro atoms. The molecular formula is C29H35ClN4O2. The zero-order chi connectivity index (χ0) is 25.7. The number of fused-ring (bicyclic) bond motifs is 2. The normalized spacial score (nSPS) is 22.8. The van der Waals surface area contributed by atoms with Crippen LogP contribution in [0.2, 0.25) is 5.02 Å². The lowest BCUT2D eigenvalue weighted by molar-refractivity contribution is -0.125. The first-order valence-electron chi connectivity index (χ1n) is 12.7. The van der Waals surface area contributed by atoms with Gasteiger partial charge >= 0.3 is 0 Å². The molecule has 0 N–H and O–H groups in total. The molecule has 7 heteroatoms. The molecule has 6 nitrogen and oxygen atoms in total. The third kappa shape index (κ3) is 5.49. The van der Waals surface area contributed by atoms with E-state index in [1.165, 1.54) is 6.20 Å². The molecule has 1 aromatic rings. The summed E-state index contributed by atoms with van der Waals surface area (Å²) < 4.78 is 0. The Bertz CT molecular complexity index is 1120. The number of hydrogen-bond donors (Lipinski definition) is 0. The molecule has 0 radical (unpaired) electrons. The molecule has 190 valence electrons. The minimum atomic E-state index is 0.0134. The molecule has 2 amide bonds. The quantitative estimate of drug-likeness (QED) is 0.415.